The van der Waals surface area contributed by atoms with Gasteiger partial charge in [0, 0.05) is 0 Å². The first-order valence-corrected chi connectivity index (χ1v) is 4.71. The highest BCUT2D eigenvalue weighted by Crippen LogP contribution is 2.29. The lowest BCUT2D eigenvalue weighted by Crippen LogP contribution is -1.74. The third-order valence-electron chi connectivity index (χ3n) is 1.99. The number of benzene rings is 2. The Morgan fingerprint density at radius 2 is 1.62 bits per heavy atom. The smallest absolute Gasteiger partial charge is 0.179 e. The molecule has 0 saturated heterocycles. The van der Waals surface area contributed by atoms with Crippen LogP contribution >= 0.6 is 0 Å². The van der Waals surface area contributed by atoms with Gasteiger partial charge in [-0.2, -0.15) is 5.11 Å². The van der Waals surface area contributed by atoms with Crippen LogP contribution < -0.4 is 0 Å². The number of para-hydroxylation sites is 1. The maximum absolute atomic E-state index is 13.0. The number of rotatable bonds is 2. The van der Waals surface area contributed by atoms with Crippen molar-refractivity contribution in [1.82, 2.24) is 0 Å². The van der Waals surface area contributed by atoms with Gasteiger partial charge >= 0.3 is 0 Å². The van der Waals surface area contributed by atoms with Gasteiger partial charge in [0.05, 0.1) is 5.69 Å². The number of azo groups is 1. The Morgan fingerprint density at radius 1 is 0.875 bits per heavy atom. The molecule has 80 valence electrons. The number of phenolic OH excluding ortho intramolecular Hbond substituents is 1. The van der Waals surface area contributed by atoms with Gasteiger partial charge in [-0.3, -0.25) is 0 Å². The normalized spacial score (nSPS) is 10.8. The fourth-order valence-electron chi connectivity index (χ4n) is 1.19. The minimum atomic E-state index is -0.704. The number of aromatic hydroxyl groups is 1. The van der Waals surface area contributed by atoms with Crippen LogP contribution in [0.15, 0.2) is 58.8 Å². The molecule has 0 amide bonds. The first-order valence-electron chi connectivity index (χ1n) is 4.71. The van der Waals surface area contributed by atoms with E-state index in [1.165, 1.54) is 12.1 Å². The summed E-state index contributed by atoms with van der Waals surface area (Å²) in [6.45, 7) is 0. The van der Waals surface area contributed by atoms with E-state index < -0.39 is 11.6 Å². The summed E-state index contributed by atoms with van der Waals surface area (Å²) in [5, 5.41) is 17.0. The van der Waals surface area contributed by atoms with Crippen LogP contribution in [-0.4, -0.2) is 5.11 Å². The zero-order chi connectivity index (χ0) is 11.4. The van der Waals surface area contributed by atoms with Gasteiger partial charge in [-0.1, -0.05) is 24.3 Å². The molecule has 16 heavy (non-hydrogen) atoms. The molecule has 0 heterocycles. The van der Waals surface area contributed by atoms with E-state index in [1.54, 1.807) is 12.1 Å². The van der Waals surface area contributed by atoms with E-state index in [1.807, 2.05) is 18.2 Å². The maximum Gasteiger partial charge on any atom is 0.179 e. The van der Waals surface area contributed by atoms with Gasteiger partial charge in [0.2, 0.25) is 0 Å². The summed E-state index contributed by atoms with van der Waals surface area (Å²) in [6, 6.07) is 13.1. The predicted molar refractivity (Wildman–Crippen MR) is 58.7 cm³/mol. The summed E-state index contributed by atoms with van der Waals surface area (Å²) in [4.78, 5) is 0. The average molecular weight is 216 g/mol. The number of halogens is 1. The monoisotopic (exact) mass is 216 g/mol. The molecule has 0 spiro atoms. The Morgan fingerprint density at radius 3 is 2.38 bits per heavy atom. The highest BCUT2D eigenvalue weighted by molar-refractivity contribution is 5.51. The van der Waals surface area contributed by atoms with Crippen molar-refractivity contribution in [2.75, 3.05) is 0 Å². The topological polar surface area (TPSA) is 45.0 Å². The van der Waals surface area contributed by atoms with Crippen LogP contribution in [0.2, 0.25) is 0 Å². The minimum Gasteiger partial charge on any atom is -0.503 e. The molecule has 2 aromatic carbocycles. The lowest BCUT2D eigenvalue weighted by atomic mass is 10.3. The summed E-state index contributed by atoms with van der Waals surface area (Å²) in [7, 11) is 0. The Balaban J connectivity index is 2.28. The van der Waals surface area contributed by atoms with Crippen molar-refractivity contribution in [2.24, 2.45) is 10.2 Å². The van der Waals surface area contributed by atoms with Crippen LogP contribution in [0, 0.1) is 5.82 Å². The Labute approximate surface area is 91.9 Å². The summed E-state index contributed by atoms with van der Waals surface area (Å²) < 4.78 is 13.0. The summed E-state index contributed by atoms with van der Waals surface area (Å²) in [6.07, 6.45) is 0. The molecule has 3 nitrogen and oxygen atoms in total. The van der Waals surface area contributed by atoms with Crippen molar-refractivity contribution in [3.05, 3.63) is 54.3 Å². The SMILES string of the molecule is Oc1c(F)cccc1N=Nc1ccccc1. The largest absolute Gasteiger partial charge is 0.503 e. The minimum absolute atomic E-state index is 0.115. The molecule has 4 heteroatoms. The van der Waals surface area contributed by atoms with E-state index in [0.717, 1.165) is 6.07 Å². The van der Waals surface area contributed by atoms with Crippen LogP contribution in [0.4, 0.5) is 15.8 Å². The first-order chi connectivity index (χ1) is 7.77. The van der Waals surface area contributed by atoms with Gasteiger partial charge in [-0.15, -0.1) is 5.11 Å². The fraction of sp³-hybridized carbons (Fsp3) is 0. The van der Waals surface area contributed by atoms with E-state index in [2.05, 4.69) is 10.2 Å². The second-order valence-corrected chi connectivity index (χ2v) is 3.14. The zero-order valence-corrected chi connectivity index (χ0v) is 8.34. The maximum atomic E-state index is 13.0. The Kier molecular flexibility index (Phi) is 2.91. The molecule has 0 unspecified atom stereocenters. The molecule has 0 aliphatic carbocycles. The second-order valence-electron chi connectivity index (χ2n) is 3.14. The molecular weight excluding hydrogens is 207 g/mol. The van der Waals surface area contributed by atoms with E-state index >= 15 is 0 Å². The lowest BCUT2D eigenvalue weighted by Gasteiger charge is -1.97. The summed E-state index contributed by atoms with van der Waals surface area (Å²) in [5.41, 5.74) is 0.759. The van der Waals surface area contributed by atoms with Crippen molar-refractivity contribution in [3.63, 3.8) is 0 Å². The fourth-order valence-corrected chi connectivity index (χ4v) is 1.19. The second kappa shape index (κ2) is 4.53. The third kappa shape index (κ3) is 2.23. The van der Waals surface area contributed by atoms with Gasteiger partial charge in [0.25, 0.3) is 0 Å². The number of nitrogens with zero attached hydrogens (tertiary/aromatic N) is 2. The molecule has 0 fully saturated rings. The van der Waals surface area contributed by atoms with Crippen molar-refractivity contribution >= 4 is 11.4 Å². The van der Waals surface area contributed by atoms with Gasteiger partial charge in [-0.05, 0) is 24.3 Å². The molecule has 0 atom stereocenters. The highest BCUT2D eigenvalue weighted by Gasteiger charge is 2.04. The summed E-state index contributed by atoms with van der Waals surface area (Å²) >= 11 is 0. The molecule has 2 aromatic rings. The Hall–Kier alpha value is -2.23. The molecule has 0 aliphatic heterocycles. The first kappa shape index (κ1) is 10.3. The number of hydrogen-bond donors (Lipinski definition) is 1. The van der Waals surface area contributed by atoms with Gasteiger partial charge in [0.15, 0.2) is 11.6 Å². The standard InChI is InChI=1S/C12H9FN2O/c13-10-7-4-8-11(12(10)16)15-14-9-5-2-1-3-6-9/h1-8,16H. The number of hydrogen-bond acceptors (Lipinski definition) is 3. The van der Waals surface area contributed by atoms with Crippen molar-refractivity contribution in [2.45, 2.75) is 0 Å². The predicted octanol–water partition coefficient (Wildman–Crippen LogP) is 3.95. The molecule has 0 bridgehead atoms. The third-order valence-corrected chi connectivity index (χ3v) is 1.99. The van der Waals surface area contributed by atoms with Gasteiger partial charge in [0.1, 0.15) is 5.69 Å². The molecule has 0 saturated carbocycles. The van der Waals surface area contributed by atoms with E-state index in [0.29, 0.717) is 5.69 Å². The molecule has 0 aromatic heterocycles. The quantitative estimate of drug-likeness (QED) is 0.759. The van der Waals surface area contributed by atoms with Crippen LogP contribution in [0.5, 0.6) is 5.75 Å². The van der Waals surface area contributed by atoms with Crippen LogP contribution in [-0.2, 0) is 0 Å². The molecule has 2 rings (SSSR count). The Bertz CT molecular complexity index is 512. The van der Waals surface area contributed by atoms with Crippen molar-refractivity contribution in [1.29, 1.82) is 0 Å². The van der Waals surface area contributed by atoms with Gasteiger partial charge < -0.3 is 5.11 Å². The van der Waals surface area contributed by atoms with Crippen LogP contribution in [0.3, 0.4) is 0 Å². The van der Waals surface area contributed by atoms with Crippen molar-refractivity contribution in [3.8, 4) is 5.75 Å². The molecule has 1 N–H and O–H groups in total. The average Bonchev–Trinajstić information content (AvgIpc) is 2.32. The van der Waals surface area contributed by atoms with Crippen LogP contribution in [0.25, 0.3) is 0 Å². The van der Waals surface area contributed by atoms with E-state index in [-0.39, 0.29) is 5.69 Å². The zero-order valence-electron chi connectivity index (χ0n) is 8.34. The lowest BCUT2D eigenvalue weighted by molar-refractivity contribution is 0.433. The van der Waals surface area contributed by atoms with E-state index in [9.17, 15) is 9.50 Å². The molecular formula is C12H9FN2O. The molecule has 0 aliphatic rings. The highest BCUT2D eigenvalue weighted by atomic mass is 19.1. The summed E-state index contributed by atoms with van der Waals surface area (Å²) in [5.74, 6) is -1.19. The van der Waals surface area contributed by atoms with Gasteiger partial charge in [-0.25, -0.2) is 4.39 Å². The van der Waals surface area contributed by atoms with E-state index in [4.69, 9.17) is 0 Å². The van der Waals surface area contributed by atoms with Crippen LogP contribution in [0.1, 0.15) is 0 Å². The molecule has 0 radical (unpaired) electrons. The van der Waals surface area contributed by atoms with Crippen molar-refractivity contribution < 1.29 is 9.50 Å². The number of phenols is 1.